The van der Waals surface area contributed by atoms with Crippen LogP contribution in [0.3, 0.4) is 0 Å². The molecule has 0 aliphatic carbocycles. The van der Waals surface area contributed by atoms with Crippen molar-refractivity contribution in [3.05, 3.63) is 30.2 Å². The number of hydrogen-bond acceptors (Lipinski definition) is 4. The van der Waals surface area contributed by atoms with Gasteiger partial charge in [-0.05, 0) is 38.0 Å². The molecule has 5 heteroatoms. The van der Waals surface area contributed by atoms with E-state index in [9.17, 15) is 9.59 Å². The highest BCUT2D eigenvalue weighted by atomic mass is 16.5. The molecular formula is C15H19NO4. The lowest BCUT2D eigenvalue weighted by atomic mass is 9.98. The average Bonchev–Trinajstić information content (AvgIpc) is 2.98. The Balaban J connectivity index is 1.91. The van der Waals surface area contributed by atoms with Gasteiger partial charge in [0, 0.05) is 19.2 Å². The van der Waals surface area contributed by atoms with Crippen LogP contribution in [0.25, 0.3) is 6.08 Å². The zero-order valence-corrected chi connectivity index (χ0v) is 11.6. The Morgan fingerprint density at radius 3 is 3.10 bits per heavy atom. The predicted molar refractivity (Wildman–Crippen MR) is 73.7 cm³/mol. The van der Waals surface area contributed by atoms with Crippen LogP contribution < -0.4 is 0 Å². The maximum atomic E-state index is 12.1. The molecule has 1 amide bonds. The van der Waals surface area contributed by atoms with E-state index in [0.717, 1.165) is 12.8 Å². The van der Waals surface area contributed by atoms with E-state index in [1.165, 1.54) is 6.08 Å². The highest BCUT2D eigenvalue weighted by Crippen LogP contribution is 2.18. The SMILES string of the molecule is CCOC(=O)C1CCCN(C(=O)/C=C/c2ccco2)C1. The first kappa shape index (κ1) is 14.4. The van der Waals surface area contributed by atoms with E-state index in [-0.39, 0.29) is 17.8 Å². The number of ether oxygens (including phenoxy) is 1. The molecule has 1 fully saturated rings. The van der Waals surface area contributed by atoms with Crippen molar-refractivity contribution in [1.29, 1.82) is 0 Å². The van der Waals surface area contributed by atoms with Crippen molar-refractivity contribution in [3.63, 3.8) is 0 Å². The molecule has 1 atom stereocenters. The number of amides is 1. The Morgan fingerprint density at radius 1 is 1.55 bits per heavy atom. The van der Waals surface area contributed by atoms with Gasteiger partial charge in [-0.1, -0.05) is 0 Å². The van der Waals surface area contributed by atoms with Gasteiger partial charge in [-0.2, -0.15) is 0 Å². The molecule has 0 spiro atoms. The largest absolute Gasteiger partial charge is 0.466 e. The smallest absolute Gasteiger partial charge is 0.310 e. The van der Waals surface area contributed by atoms with E-state index in [1.807, 2.05) is 0 Å². The molecule has 0 aromatic carbocycles. The summed E-state index contributed by atoms with van der Waals surface area (Å²) in [7, 11) is 0. The summed E-state index contributed by atoms with van der Waals surface area (Å²) in [5.74, 6) is 0.123. The van der Waals surface area contributed by atoms with E-state index < -0.39 is 0 Å². The van der Waals surface area contributed by atoms with Gasteiger partial charge >= 0.3 is 5.97 Å². The lowest BCUT2D eigenvalue weighted by molar-refractivity contribution is -0.150. The molecule has 0 saturated carbocycles. The molecule has 1 aromatic heterocycles. The third-order valence-electron chi connectivity index (χ3n) is 3.29. The quantitative estimate of drug-likeness (QED) is 0.624. The Kier molecular flexibility index (Phi) is 4.98. The van der Waals surface area contributed by atoms with Crippen molar-refractivity contribution in [2.24, 2.45) is 5.92 Å². The Labute approximate surface area is 118 Å². The average molecular weight is 277 g/mol. The summed E-state index contributed by atoms with van der Waals surface area (Å²) in [4.78, 5) is 25.5. The zero-order valence-electron chi connectivity index (χ0n) is 11.6. The van der Waals surface area contributed by atoms with Crippen LogP contribution in [0.1, 0.15) is 25.5 Å². The van der Waals surface area contributed by atoms with Crippen LogP contribution in [0.15, 0.2) is 28.9 Å². The summed E-state index contributed by atoms with van der Waals surface area (Å²) in [6.07, 6.45) is 6.28. The van der Waals surface area contributed by atoms with Crippen molar-refractivity contribution in [2.45, 2.75) is 19.8 Å². The van der Waals surface area contributed by atoms with E-state index in [0.29, 0.717) is 25.5 Å². The van der Waals surface area contributed by atoms with Crippen molar-refractivity contribution >= 4 is 18.0 Å². The second-order valence-electron chi connectivity index (χ2n) is 4.72. The third-order valence-corrected chi connectivity index (χ3v) is 3.29. The summed E-state index contributed by atoms with van der Waals surface area (Å²) >= 11 is 0. The molecule has 5 nitrogen and oxygen atoms in total. The van der Waals surface area contributed by atoms with Crippen LogP contribution >= 0.6 is 0 Å². The molecule has 1 aliphatic heterocycles. The van der Waals surface area contributed by atoms with Gasteiger partial charge < -0.3 is 14.1 Å². The van der Waals surface area contributed by atoms with Gasteiger partial charge in [0.25, 0.3) is 0 Å². The molecule has 1 aliphatic rings. The number of esters is 1. The van der Waals surface area contributed by atoms with Gasteiger partial charge in [-0.25, -0.2) is 0 Å². The summed E-state index contributed by atoms with van der Waals surface area (Å²) in [6, 6.07) is 3.54. The molecule has 1 aromatic rings. The van der Waals surface area contributed by atoms with Gasteiger partial charge in [0.05, 0.1) is 18.8 Å². The van der Waals surface area contributed by atoms with Gasteiger partial charge in [-0.3, -0.25) is 9.59 Å². The van der Waals surface area contributed by atoms with E-state index >= 15 is 0 Å². The van der Waals surface area contributed by atoms with Crippen molar-refractivity contribution in [3.8, 4) is 0 Å². The van der Waals surface area contributed by atoms with Crippen LogP contribution in [0.2, 0.25) is 0 Å². The number of piperidine rings is 1. The Hall–Kier alpha value is -2.04. The number of rotatable bonds is 4. The second-order valence-corrected chi connectivity index (χ2v) is 4.72. The fraction of sp³-hybridized carbons (Fsp3) is 0.467. The summed E-state index contributed by atoms with van der Waals surface area (Å²) in [6.45, 7) is 3.27. The molecule has 0 N–H and O–H groups in total. The molecule has 2 heterocycles. The van der Waals surface area contributed by atoms with Gasteiger partial charge in [0.15, 0.2) is 0 Å². The van der Waals surface area contributed by atoms with Crippen LogP contribution in [0.5, 0.6) is 0 Å². The zero-order chi connectivity index (χ0) is 14.4. The number of nitrogens with zero attached hydrogens (tertiary/aromatic N) is 1. The number of carbonyl (C=O) groups is 2. The first-order valence-electron chi connectivity index (χ1n) is 6.88. The summed E-state index contributed by atoms with van der Waals surface area (Å²) in [5, 5.41) is 0. The minimum atomic E-state index is -0.208. The maximum absolute atomic E-state index is 12.1. The van der Waals surface area contributed by atoms with Crippen LogP contribution in [-0.2, 0) is 14.3 Å². The fourth-order valence-electron chi connectivity index (χ4n) is 2.27. The van der Waals surface area contributed by atoms with Gasteiger partial charge in [-0.15, -0.1) is 0 Å². The molecule has 1 saturated heterocycles. The van der Waals surface area contributed by atoms with Crippen LogP contribution in [-0.4, -0.2) is 36.5 Å². The first-order valence-corrected chi connectivity index (χ1v) is 6.88. The minimum Gasteiger partial charge on any atom is -0.466 e. The number of furan rings is 1. The molecule has 0 bridgehead atoms. The topological polar surface area (TPSA) is 59.8 Å². The van der Waals surface area contributed by atoms with Crippen LogP contribution in [0.4, 0.5) is 0 Å². The summed E-state index contributed by atoms with van der Waals surface area (Å²) in [5.41, 5.74) is 0. The van der Waals surface area contributed by atoms with Crippen molar-refractivity contribution in [2.75, 3.05) is 19.7 Å². The van der Waals surface area contributed by atoms with Crippen molar-refractivity contribution in [1.82, 2.24) is 4.90 Å². The van der Waals surface area contributed by atoms with Gasteiger partial charge in [0.1, 0.15) is 5.76 Å². The highest BCUT2D eigenvalue weighted by Gasteiger charge is 2.28. The minimum absolute atomic E-state index is 0.101. The second kappa shape index (κ2) is 6.93. The monoisotopic (exact) mass is 277 g/mol. The number of carbonyl (C=O) groups excluding carboxylic acids is 2. The standard InChI is InChI=1S/C15H19NO4/c1-2-19-15(18)12-5-3-9-16(11-12)14(17)8-7-13-6-4-10-20-13/h4,6-8,10,12H,2-3,5,9,11H2,1H3/b8-7+. The Morgan fingerprint density at radius 2 is 2.40 bits per heavy atom. The molecule has 20 heavy (non-hydrogen) atoms. The molecule has 1 unspecified atom stereocenters. The lowest BCUT2D eigenvalue weighted by Crippen LogP contribution is -2.42. The maximum Gasteiger partial charge on any atom is 0.310 e. The fourth-order valence-corrected chi connectivity index (χ4v) is 2.27. The molecule has 2 rings (SSSR count). The Bertz CT molecular complexity index is 478. The van der Waals surface area contributed by atoms with E-state index in [4.69, 9.17) is 9.15 Å². The van der Waals surface area contributed by atoms with Gasteiger partial charge in [0.2, 0.25) is 5.91 Å². The molecular weight excluding hydrogens is 258 g/mol. The first-order chi connectivity index (χ1) is 9.70. The van der Waals surface area contributed by atoms with E-state index in [2.05, 4.69) is 0 Å². The number of hydrogen-bond donors (Lipinski definition) is 0. The highest BCUT2D eigenvalue weighted by molar-refractivity contribution is 5.91. The number of likely N-dealkylation sites (tertiary alicyclic amines) is 1. The summed E-state index contributed by atoms with van der Waals surface area (Å²) < 4.78 is 10.1. The molecule has 0 radical (unpaired) electrons. The predicted octanol–water partition coefficient (Wildman–Crippen LogP) is 2.09. The van der Waals surface area contributed by atoms with E-state index in [1.54, 1.807) is 36.3 Å². The molecule has 108 valence electrons. The van der Waals surface area contributed by atoms with Crippen molar-refractivity contribution < 1.29 is 18.7 Å². The van der Waals surface area contributed by atoms with Crippen LogP contribution in [0, 0.1) is 5.92 Å². The third kappa shape index (κ3) is 3.73. The normalized spacial score (nSPS) is 19.2. The lowest BCUT2D eigenvalue weighted by Gasteiger charge is -2.30.